The van der Waals surface area contributed by atoms with E-state index in [2.05, 4.69) is 33.9 Å². The van der Waals surface area contributed by atoms with Gasteiger partial charge in [0.15, 0.2) is 17.8 Å². The standard InChI is InChI=1S/C21H36O8.C17H28O6.C15H18F6O7/c1-10-28-19(5,6)17(23)26-13-21(9,12-25-16(22)15(3)4)14-27-18(24)20(7,8)29-11-2;1-11(2)13(18)21-9-16(5,6)10-22-15(20)17(7,8)23-14(19)12(3)4;1-8(2)10(23)26-5-9(22)27-6-12(3,4)7-28-11(24)13(25,14(16,17)18)15(19,20)21/h3,10-14H2,1-2,4-9H3;12H,1,9-10H2,2-8H3;25H,1,5-7H2,2-4H3. The number of aliphatic hydroxyl groups is 1. The monoisotopic (exact) mass is 1170 g/mol. The Balaban J connectivity index is -0.00000112. The van der Waals surface area contributed by atoms with Crippen molar-refractivity contribution >= 4 is 53.7 Å². The van der Waals surface area contributed by atoms with Gasteiger partial charge in [-0.3, -0.25) is 4.79 Å². The van der Waals surface area contributed by atoms with Gasteiger partial charge in [0.1, 0.15) is 19.8 Å². The zero-order valence-electron chi connectivity index (χ0n) is 49.1. The highest BCUT2D eigenvalue weighted by Crippen LogP contribution is 2.44. The number of carbonyl (C=O) groups is 9. The molecule has 27 heteroatoms. The van der Waals surface area contributed by atoms with Crippen LogP contribution < -0.4 is 0 Å². The van der Waals surface area contributed by atoms with E-state index in [1.807, 2.05) is 0 Å². The summed E-state index contributed by atoms with van der Waals surface area (Å²) in [6.07, 6.45) is -12.7. The molecular weight excluding hydrogens is 1090 g/mol. The first-order valence-electron chi connectivity index (χ1n) is 24.5. The van der Waals surface area contributed by atoms with Crippen LogP contribution in [0.2, 0.25) is 0 Å². The first-order valence-corrected chi connectivity index (χ1v) is 24.5. The van der Waals surface area contributed by atoms with Crippen LogP contribution >= 0.6 is 0 Å². The first-order chi connectivity index (χ1) is 35.8. The van der Waals surface area contributed by atoms with Crippen LogP contribution in [0.5, 0.6) is 0 Å². The molecule has 0 saturated carbocycles. The van der Waals surface area contributed by atoms with Gasteiger partial charge < -0.3 is 57.2 Å². The molecule has 0 fully saturated rings. The minimum absolute atomic E-state index is 0.00172. The second kappa shape index (κ2) is 32.4. The number of carbonyl (C=O) groups excluding carboxylic acids is 9. The molecule has 0 aromatic carbocycles. The maximum atomic E-state index is 12.5. The predicted octanol–water partition coefficient (Wildman–Crippen LogP) is 7.56. The molecule has 21 nitrogen and oxygen atoms in total. The van der Waals surface area contributed by atoms with E-state index in [-0.39, 0.29) is 50.1 Å². The lowest BCUT2D eigenvalue weighted by Crippen LogP contribution is -2.63. The van der Waals surface area contributed by atoms with Crippen LogP contribution in [0.15, 0.2) is 36.5 Å². The molecule has 1 N–H and O–H groups in total. The summed E-state index contributed by atoms with van der Waals surface area (Å²) >= 11 is 0. The molecule has 0 atom stereocenters. The summed E-state index contributed by atoms with van der Waals surface area (Å²) in [4.78, 5) is 105. The van der Waals surface area contributed by atoms with E-state index in [0.29, 0.717) is 18.8 Å². The average Bonchev–Trinajstić information content (AvgIpc) is 3.31. The predicted molar refractivity (Wildman–Crippen MR) is 271 cm³/mol. The van der Waals surface area contributed by atoms with Crippen LogP contribution in [0.1, 0.15) is 125 Å². The maximum Gasteiger partial charge on any atom is 0.437 e. The SMILES string of the molecule is C=C(C)C(=O)OCC(=O)OCC(C)(C)COC(=O)C(O)(C(F)(F)F)C(F)(F)F.C=C(C)C(=O)OCC(C)(C)COC(=O)C(C)(C)OC(=O)C(C)C.C=C(C)C(=O)OCC(C)(COC(=O)C(C)(C)OCC)COC(=O)C(C)(C)OCC. The third kappa shape index (κ3) is 28.9. The molecule has 0 heterocycles. The highest BCUT2D eigenvalue weighted by molar-refractivity contribution is 5.89. The van der Waals surface area contributed by atoms with Gasteiger partial charge in [-0.15, -0.1) is 0 Å². The molecule has 0 aliphatic carbocycles. The fraction of sp³-hybridized carbons (Fsp3) is 0.717. The Bertz CT molecular complexity index is 2120. The van der Waals surface area contributed by atoms with Crippen LogP contribution in [-0.2, 0) is 95.3 Å². The van der Waals surface area contributed by atoms with E-state index in [1.165, 1.54) is 41.5 Å². The van der Waals surface area contributed by atoms with Gasteiger partial charge in [0.05, 0.1) is 37.8 Å². The molecule has 0 rings (SSSR count). The summed E-state index contributed by atoms with van der Waals surface area (Å²) in [5, 5.41) is 8.87. The van der Waals surface area contributed by atoms with Crippen molar-refractivity contribution < 1.29 is 127 Å². The van der Waals surface area contributed by atoms with Crippen molar-refractivity contribution in [3.63, 3.8) is 0 Å². The van der Waals surface area contributed by atoms with E-state index in [1.54, 1.807) is 83.1 Å². The van der Waals surface area contributed by atoms with Crippen LogP contribution in [-0.4, -0.2) is 160 Å². The molecule has 0 radical (unpaired) electrons. The van der Waals surface area contributed by atoms with Crippen molar-refractivity contribution in [1.29, 1.82) is 0 Å². The number of esters is 9. The number of rotatable bonds is 29. The summed E-state index contributed by atoms with van der Waals surface area (Å²) < 4.78 is 131. The lowest BCUT2D eigenvalue weighted by Gasteiger charge is -2.31. The molecule has 0 saturated heterocycles. The van der Waals surface area contributed by atoms with E-state index in [4.69, 9.17) is 43.0 Å². The van der Waals surface area contributed by atoms with E-state index >= 15 is 0 Å². The third-order valence-electron chi connectivity index (χ3n) is 9.86. The molecule has 0 spiro atoms. The van der Waals surface area contributed by atoms with Crippen molar-refractivity contribution in [2.24, 2.45) is 22.2 Å². The number of hydrogen-bond donors (Lipinski definition) is 1. The van der Waals surface area contributed by atoms with E-state index in [0.717, 1.165) is 0 Å². The first kappa shape index (κ1) is 78.1. The van der Waals surface area contributed by atoms with Gasteiger partial charge in [0.2, 0.25) is 5.60 Å². The summed E-state index contributed by atoms with van der Waals surface area (Å²) in [6, 6.07) is 0. The zero-order chi connectivity index (χ0) is 63.9. The molecule has 0 aliphatic rings. The molecule has 0 aromatic rings. The number of halogens is 6. The second-order valence-corrected chi connectivity index (χ2v) is 21.9. The van der Waals surface area contributed by atoms with Crippen LogP contribution in [0.4, 0.5) is 26.3 Å². The quantitative estimate of drug-likeness (QED) is 0.0327. The summed E-state index contributed by atoms with van der Waals surface area (Å²) in [7, 11) is 0. The average molecular weight is 1170 g/mol. The fourth-order valence-electron chi connectivity index (χ4n) is 4.79. The van der Waals surface area contributed by atoms with Crippen LogP contribution in [0.3, 0.4) is 0 Å². The van der Waals surface area contributed by atoms with Gasteiger partial charge in [0, 0.05) is 40.8 Å². The lowest BCUT2D eigenvalue weighted by atomic mass is 9.94. The van der Waals surface area contributed by atoms with E-state index < -0.39 is 125 Å². The molecule has 0 amide bonds. The molecule has 0 bridgehead atoms. The topological polar surface area (TPSA) is 275 Å². The largest absolute Gasteiger partial charge is 0.463 e. The van der Waals surface area contributed by atoms with Crippen molar-refractivity contribution in [2.45, 2.75) is 159 Å². The van der Waals surface area contributed by atoms with Crippen molar-refractivity contribution in [2.75, 3.05) is 66.1 Å². The van der Waals surface area contributed by atoms with Gasteiger partial charge in [-0.1, -0.05) is 61.3 Å². The summed E-state index contributed by atoms with van der Waals surface area (Å²) in [5.41, 5.74) is -11.8. The highest BCUT2D eigenvalue weighted by Gasteiger charge is 2.76. The molecule has 0 unspecified atom stereocenters. The molecule has 462 valence electrons. The number of alkyl halides is 6. The van der Waals surface area contributed by atoms with Crippen molar-refractivity contribution in [1.82, 2.24) is 0 Å². The Morgan fingerprint density at radius 1 is 0.438 bits per heavy atom. The molecular formula is C53H82F6O21. The zero-order valence-corrected chi connectivity index (χ0v) is 49.1. The highest BCUT2D eigenvalue weighted by atomic mass is 19.4. The second-order valence-electron chi connectivity index (χ2n) is 21.9. The Labute approximate surface area is 463 Å². The van der Waals surface area contributed by atoms with Crippen molar-refractivity contribution in [3.8, 4) is 0 Å². The molecule has 0 aliphatic heterocycles. The maximum absolute atomic E-state index is 12.5. The van der Waals surface area contributed by atoms with Gasteiger partial charge in [0.25, 0.3) is 0 Å². The Morgan fingerprint density at radius 3 is 1.06 bits per heavy atom. The van der Waals surface area contributed by atoms with Crippen LogP contribution in [0.25, 0.3) is 0 Å². The normalized spacial score (nSPS) is 12.4. The summed E-state index contributed by atoms with van der Waals surface area (Å²) in [5.74, 6) is -8.60. The Hall–Kier alpha value is -6.09. The smallest absolute Gasteiger partial charge is 0.437 e. The lowest BCUT2D eigenvalue weighted by molar-refractivity contribution is -0.357. The van der Waals surface area contributed by atoms with Gasteiger partial charge >= 0.3 is 71.7 Å². The Kier molecular flexibility index (Phi) is 31.6. The number of hydrogen-bond acceptors (Lipinski definition) is 21. The van der Waals surface area contributed by atoms with Crippen molar-refractivity contribution in [3.05, 3.63) is 36.5 Å². The number of ether oxygens (including phenoxy) is 11. The van der Waals surface area contributed by atoms with E-state index in [9.17, 15) is 69.5 Å². The third-order valence-corrected chi connectivity index (χ3v) is 9.86. The molecule has 80 heavy (non-hydrogen) atoms. The minimum Gasteiger partial charge on any atom is -0.463 e. The minimum atomic E-state index is -6.37. The summed E-state index contributed by atoms with van der Waals surface area (Å²) in [6.45, 7) is 36.5. The Morgan fingerprint density at radius 2 is 0.725 bits per heavy atom. The van der Waals surface area contributed by atoms with Gasteiger partial charge in [-0.05, 0) is 83.1 Å². The fourth-order valence-corrected chi connectivity index (χ4v) is 4.79. The van der Waals surface area contributed by atoms with Gasteiger partial charge in [-0.2, -0.15) is 26.3 Å². The van der Waals surface area contributed by atoms with Gasteiger partial charge in [-0.25, -0.2) is 38.4 Å². The molecule has 0 aromatic heterocycles. The van der Waals surface area contributed by atoms with Crippen LogP contribution in [0, 0.1) is 22.2 Å².